The van der Waals surface area contributed by atoms with Crippen LogP contribution < -0.4 is 16.3 Å². The first-order valence-corrected chi connectivity index (χ1v) is 15.1. The number of hydrogen-bond acceptors (Lipinski definition) is 5. The molecule has 0 aliphatic carbocycles. The quantitative estimate of drug-likeness (QED) is 0.162. The molecule has 1 aliphatic rings. The van der Waals surface area contributed by atoms with E-state index in [-0.39, 0.29) is 33.9 Å². The molecule has 0 radical (unpaired) electrons. The van der Waals surface area contributed by atoms with Gasteiger partial charge in [0.25, 0.3) is 0 Å². The van der Waals surface area contributed by atoms with Crippen molar-refractivity contribution in [3.8, 4) is 0 Å². The summed E-state index contributed by atoms with van der Waals surface area (Å²) in [6.45, 7) is 12.9. The molecule has 3 N–H and O–H groups in total. The van der Waals surface area contributed by atoms with Gasteiger partial charge in [-0.05, 0) is 57.2 Å². The summed E-state index contributed by atoms with van der Waals surface area (Å²) in [6.07, 6.45) is -3.75. The second kappa shape index (κ2) is 12.3. The van der Waals surface area contributed by atoms with Gasteiger partial charge in [-0.15, -0.1) is 5.10 Å². The van der Waals surface area contributed by atoms with Crippen LogP contribution in [0.4, 0.5) is 37.7 Å². The highest BCUT2D eigenvalue weighted by atomic mass is 35.5. The Bertz CT molecular complexity index is 2090. The van der Waals surface area contributed by atoms with E-state index >= 15 is 0 Å². The molecule has 248 valence electrons. The van der Waals surface area contributed by atoms with Crippen LogP contribution in [-0.4, -0.2) is 26.0 Å². The summed E-state index contributed by atoms with van der Waals surface area (Å²) < 4.78 is 87.7. The molecule has 1 unspecified atom stereocenters. The van der Waals surface area contributed by atoms with E-state index in [1.807, 2.05) is 34.6 Å². The van der Waals surface area contributed by atoms with Crippen LogP contribution in [0.5, 0.6) is 0 Å². The molecule has 1 aliphatic heterocycles. The van der Waals surface area contributed by atoms with Gasteiger partial charge in [-0.1, -0.05) is 32.0 Å². The highest BCUT2D eigenvalue weighted by Crippen LogP contribution is 2.48. The molecule has 0 saturated heterocycles. The number of aromatic nitrogens is 4. The minimum Gasteiger partial charge on any atom is -0.374 e. The number of fused-ring (bicyclic) bond motifs is 4. The Morgan fingerprint density at radius 1 is 1.04 bits per heavy atom. The number of aryl methyl sites for hydroxylation is 1. The third kappa shape index (κ3) is 5.81. The topological polar surface area (TPSA) is 83.6 Å². The number of benzene rings is 3. The molecule has 2 aromatic heterocycles. The largest absolute Gasteiger partial charge is 0.418 e. The second-order valence-corrected chi connectivity index (χ2v) is 12.1. The first-order valence-electron chi connectivity index (χ1n) is 14.7. The molecule has 0 spiro atoms. The van der Waals surface area contributed by atoms with E-state index in [0.29, 0.717) is 39.5 Å². The van der Waals surface area contributed by atoms with E-state index in [1.54, 1.807) is 10.6 Å². The molecule has 47 heavy (non-hydrogen) atoms. The SMILES string of the molecule is C=C1NC(c2cc(F)ccc2Cl)c2c(Nc3cnnc4c(C(F)(F)F)cc(F)cc34)cc3c(c21)n(C(C)(C)C)c(=N)n3CCF.CC. The minimum atomic E-state index is -4.91. The normalized spacial score (nSPS) is 14.6. The van der Waals surface area contributed by atoms with Crippen LogP contribution in [0.1, 0.15) is 62.9 Å². The Hall–Kier alpha value is -4.52. The summed E-state index contributed by atoms with van der Waals surface area (Å²) in [5, 5.41) is 22.8. The summed E-state index contributed by atoms with van der Waals surface area (Å²) in [5.74, 6) is -1.69. The number of hydrogen-bond donors (Lipinski definition) is 3. The number of imidazole rings is 1. The van der Waals surface area contributed by atoms with Gasteiger partial charge in [-0.25, -0.2) is 13.2 Å². The van der Waals surface area contributed by atoms with E-state index in [9.17, 15) is 26.3 Å². The molecule has 6 rings (SSSR count). The Labute approximate surface area is 271 Å². The lowest BCUT2D eigenvalue weighted by Gasteiger charge is -2.24. The van der Waals surface area contributed by atoms with E-state index in [1.165, 1.54) is 22.8 Å². The van der Waals surface area contributed by atoms with Gasteiger partial charge in [0.15, 0.2) is 0 Å². The molecule has 0 amide bonds. The molecule has 14 heteroatoms. The molecule has 0 saturated carbocycles. The third-order valence-corrected chi connectivity index (χ3v) is 8.09. The lowest BCUT2D eigenvalue weighted by molar-refractivity contribution is -0.136. The van der Waals surface area contributed by atoms with Crippen LogP contribution in [-0.2, 0) is 18.3 Å². The van der Waals surface area contributed by atoms with Crippen LogP contribution in [0.15, 0.2) is 49.2 Å². The fraction of sp³-hybridized carbons (Fsp3) is 0.303. The maximum absolute atomic E-state index is 14.6. The van der Waals surface area contributed by atoms with Gasteiger partial charge >= 0.3 is 6.18 Å². The number of rotatable bonds is 5. The van der Waals surface area contributed by atoms with E-state index in [0.717, 1.165) is 12.3 Å². The number of nitrogens with one attached hydrogen (secondary N) is 3. The molecule has 0 bridgehead atoms. The summed E-state index contributed by atoms with van der Waals surface area (Å²) in [6, 6.07) is 5.95. The van der Waals surface area contributed by atoms with Crippen molar-refractivity contribution in [3.05, 3.63) is 93.7 Å². The number of halogens is 7. The fourth-order valence-corrected chi connectivity index (χ4v) is 6.22. The second-order valence-electron chi connectivity index (χ2n) is 11.7. The van der Waals surface area contributed by atoms with Crippen molar-refractivity contribution in [3.63, 3.8) is 0 Å². The van der Waals surface area contributed by atoms with Crippen molar-refractivity contribution in [1.82, 2.24) is 24.6 Å². The monoisotopic (exact) mass is 675 g/mol. The first kappa shape index (κ1) is 33.8. The standard InChI is InChI=1S/C31H26ClF6N7.C2H6/c1-14-24-25(27(41-14)17-9-15(34)5-6-20(17)32)21(12-23-28(24)45(30(2,3)4)29(39)44(23)8-7-33)42-22-13-40-43-26-18(22)10-16(35)11-19(26)31(36,37)38;1-2/h5-6,9-13,27,39,41H,1,7-8H2,2-4H3,(H,42,43);1-2H3. The average Bonchev–Trinajstić information content (AvgIpc) is 3.48. The van der Waals surface area contributed by atoms with Gasteiger partial charge in [-0.2, -0.15) is 18.3 Å². The van der Waals surface area contributed by atoms with Crippen LogP contribution >= 0.6 is 11.6 Å². The number of anilines is 2. The lowest BCUT2D eigenvalue weighted by atomic mass is 9.94. The zero-order chi connectivity index (χ0) is 34.6. The van der Waals surface area contributed by atoms with Crippen LogP contribution in [0, 0.1) is 17.0 Å². The summed E-state index contributed by atoms with van der Waals surface area (Å²) in [7, 11) is 0. The van der Waals surface area contributed by atoms with Crippen molar-refractivity contribution in [2.24, 2.45) is 0 Å². The predicted octanol–water partition coefficient (Wildman–Crippen LogP) is 8.97. The van der Waals surface area contributed by atoms with Gasteiger partial charge in [-0.3, -0.25) is 5.41 Å². The van der Waals surface area contributed by atoms with Gasteiger partial charge < -0.3 is 19.8 Å². The van der Waals surface area contributed by atoms with Crippen molar-refractivity contribution in [2.75, 3.05) is 12.0 Å². The van der Waals surface area contributed by atoms with E-state index in [4.69, 9.17) is 17.0 Å². The molecule has 3 aromatic carbocycles. The Kier molecular flexibility index (Phi) is 8.82. The smallest absolute Gasteiger partial charge is 0.374 e. The highest BCUT2D eigenvalue weighted by molar-refractivity contribution is 6.31. The lowest BCUT2D eigenvalue weighted by Crippen LogP contribution is -2.35. The highest BCUT2D eigenvalue weighted by Gasteiger charge is 2.37. The molecule has 3 heterocycles. The minimum absolute atomic E-state index is 0.00227. The van der Waals surface area contributed by atoms with Gasteiger partial charge in [0, 0.05) is 44.0 Å². The average molecular weight is 676 g/mol. The van der Waals surface area contributed by atoms with Crippen LogP contribution in [0.3, 0.4) is 0 Å². The Morgan fingerprint density at radius 3 is 2.38 bits per heavy atom. The molecular formula is C33H32ClF6N7. The van der Waals surface area contributed by atoms with Crippen molar-refractivity contribution in [1.29, 1.82) is 5.41 Å². The van der Waals surface area contributed by atoms with Crippen molar-refractivity contribution < 1.29 is 26.3 Å². The number of nitrogens with zero attached hydrogens (tertiary/aromatic N) is 4. The summed E-state index contributed by atoms with van der Waals surface area (Å²) in [5.41, 5.74) is 0.436. The van der Waals surface area contributed by atoms with E-state index < -0.39 is 47.1 Å². The van der Waals surface area contributed by atoms with E-state index in [2.05, 4.69) is 27.4 Å². The molecule has 7 nitrogen and oxygen atoms in total. The van der Waals surface area contributed by atoms with Gasteiger partial charge in [0.05, 0.1) is 41.1 Å². The van der Waals surface area contributed by atoms with Crippen molar-refractivity contribution >= 4 is 50.6 Å². The number of alkyl halides is 4. The molecular weight excluding hydrogens is 644 g/mol. The van der Waals surface area contributed by atoms with Gasteiger partial charge in [0.2, 0.25) is 5.62 Å². The molecule has 5 aromatic rings. The fourth-order valence-electron chi connectivity index (χ4n) is 5.99. The Balaban J connectivity index is 0.00000213. The summed E-state index contributed by atoms with van der Waals surface area (Å²) >= 11 is 6.55. The molecule has 1 atom stereocenters. The van der Waals surface area contributed by atoms with Crippen LogP contribution in [0.2, 0.25) is 5.02 Å². The first-order chi connectivity index (χ1) is 22.1. The summed E-state index contributed by atoms with van der Waals surface area (Å²) in [4.78, 5) is 0. The third-order valence-electron chi connectivity index (χ3n) is 7.74. The maximum atomic E-state index is 14.6. The zero-order valence-corrected chi connectivity index (χ0v) is 26.9. The zero-order valence-electron chi connectivity index (χ0n) is 26.2. The Morgan fingerprint density at radius 2 is 1.74 bits per heavy atom. The maximum Gasteiger partial charge on any atom is 0.418 e. The molecule has 0 fully saturated rings. The van der Waals surface area contributed by atoms with Crippen molar-refractivity contribution in [2.45, 2.75) is 58.9 Å². The van der Waals surface area contributed by atoms with Gasteiger partial charge in [0.1, 0.15) is 23.8 Å². The van der Waals surface area contributed by atoms with Crippen LogP contribution in [0.25, 0.3) is 27.6 Å². The predicted molar refractivity (Wildman–Crippen MR) is 171 cm³/mol.